The fraction of sp³-hybridized carbons (Fsp3) is 0.562. The summed E-state index contributed by atoms with van der Waals surface area (Å²) < 4.78 is 38.9. The Bertz CT molecular complexity index is 628. The van der Waals surface area contributed by atoms with Gasteiger partial charge < -0.3 is 5.32 Å². The number of amides is 1. The number of anilines is 1. The van der Waals surface area contributed by atoms with Crippen LogP contribution in [0.2, 0.25) is 0 Å². The van der Waals surface area contributed by atoms with Crippen LogP contribution in [-0.2, 0) is 14.8 Å². The lowest BCUT2D eigenvalue weighted by Crippen LogP contribution is -2.37. The number of piperidine rings is 1. The number of halogens is 1. The predicted octanol–water partition coefficient (Wildman–Crippen LogP) is 2.75. The summed E-state index contributed by atoms with van der Waals surface area (Å²) in [5.74, 6) is -0.554. The summed E-state index contributed by atoms with van der Waals surface area (Å²) in [5.41, 5.74) is 0.413. The SMILES string of the molecule is O=C(CCCCS(=O)(=O)N1CCCCC1)Nc1cccc(F)c1. The summed E-state index contributed by atoms with van der Waals surface area (Å²) >= 11 is 0. The molecule has 0 bridgehead atoms. The molecule has 1 N–H and O–H groups in total. The number of nitrogens with zero attached hydrogens (tertiary/aromatic N) is 1. The lowest BCUT2D eigenvalue weighted by atomic mass is 10.2. The normalized spacial score (nSPS) is 16.2. The second-order valence-electron chi connectivity index (χ2n) is 5.79. The topological polar surface area (TPSA) is 66.5 Å². The molecule has 23 heavy (non-hydrogen) atoms. The van der Waals surface area contributed by atoms with Crippen LogP contribution in [0.15, 0.2) is 24.3 Å². The Morgan fingerprint density at radius 1 is 1.17 bits per heavy atom. The van der Waals surface area contributed by atoms with Crippen molar-refractivity contribution in [3.63, 3.8) is 0 Å². The molecule has 1 aliphatic heterocycles. The third kappa shape index (κ3) is 5.91. The number of rotatable bonds is 7. The third-order valence-electron chi connectivity index (χ3n) is 3.87. The molecule has 1 heterocycles. The van der Waals surface area contributed by atoms with Crippen molar-refractivity contribution in [2.24, 2.45) is 0 Å². The summed E-state index contributed by atoms with van der Waals surface area (Å²) in [6, 6.07) is 5.69. The number of sulfonamides is 1. The van der Waals surface area contributed by atoms with Crippen LogP contribution in [-0.4, -0.2) is 37.5 Å². The Balaban J connectivity index is 1.69. The van der Waals surface area contributed by atoms with Gasteiger partial charge in [0.05, 0.1) is 5.75 Å². The summed E-state index contributed by atoms with van der Waals surface area (Å²) in [4.78, 5) is 11.8. The van der Waals surface area contributed by atoms with E-state index < -0.39 is 15.8 Å². The summed E-state index contributed by atoms with van der Waals surface area (Å²) in [6.07, 6.45) is 4.12. The molecule has 1 aromatic rings. The second kappa shape index (κ2) is 8.40. The monoisotopic (exact) mass is 342 g/mol. The van der Waals surface area contributed by atoms with Crippen molar-refractivity contribution in [1.82, 2.24) is 4.31 Å². The van der Waals surface area contributed by atoms with Crippen LogP contribution in [0, 0.1) is 5.82 Å². The van der Waals surface area contributed by atoms with Gasteiger partial charge in [-0.05, 0) is 43.9 Å². The number of carbonyl (C=O) groups is 1. The van der Waals surface area contributed by atoms with Gasteiger partial charge in [0.2, 0.25) is 15.9 Å². The second-order valence-corrected chi connectivity index (χ2v) is 7.88. The number of benzene rings is 1. The lowest BCUT2D eigenvalue weighted by molar-refractivity contribution is -0.116. The largest absolute Gasteiger partial charge is 0.326 e. The Hall–Kier alpha value is -1.47. The van der Waals surface area contributed by atoms with Gasteiger partial charge in [-0.3, -0.25) is 4.79 Å². The summed E-state index contributed by atoms with van der Waals surface area (Å²) in [6.45, 7) is 1.23. The van der Waals surface area contributed by atoms with Gasteiger partial charge in [-0.15, -0.1) is 0 Å². The minimum Gasteiger partial charge on any atom is -0.326 e. The molecular weight excluding hydrogens is 319 g/mol. The fourth-order valence-corrected chi connectivity index (χ4v) is 4.27. The number of unbranched alkanes of at least 4 members (excludes halogenated alkanes) is 1. The van der Waals surface area contributed by atoms with Crippen LogP contribution < -0.4 is 5.32 Å². The van der Waals surface area contributed by atoms with Gasteiger partial charge in [-0.2, -0.15) is 0 Å². The van der Waals surface area contributed by atoms with Crippen LogP contribution in [0.4, 0.5) is 10.1 Å². The molecule has 1 saturated heterocycles. The van der Waals surface area contributed by atoms with E-state index in [4.69, 9.17) is 0 Å². The first-order valence-corrected chi connectivity index (χ1v) is 9.61. The van der Waals surface area contributed by atoms with Crippen LogP contribution in [0.3, 0.4) is 0 Å². The van der Waals surface area contributed by atoms with E-state index in [-0.39, 0.29) is 18.1 Å². The Kier molecular flexibility index (Phi) is 6.53. The van der Waals surface area contributed by atoms with E-state index in [1.807, 2.05) is 0 Å². The van der Waals surface area contributed by atoms with Gasteiger partial charge in [-0.25, -0.2) is 17.1 Å². The van der Waals surface area contributed by atoms with Crippen molar-refractivity contribution in [1.29, 1.82) is 0 Å². The van der Waals surface area contributed by atoms with Crippen LogP contribution in [0.25, 0.3) is 0 Å². The zero-order valence-electron chi connectivity index (χ0n) is 13.1. The van der Waals surface area contributed by atoms with Gasteiger partial charge in [0.25, 0.3) is 0 Å². The maximum Gasteiger partial charge on any atom is 0.224 e. The standard InChI is InChI=1S/C16H23FN2O3S/c17-14-7-6-8-15(13-14)18-16(20)9-2-5-12-23(21,22)19-10-3-1-4-11-19/h6-8,13H,1-5,9-12H2,(H,18,20). The van der Waals surface area contributed by atoms with E-state index in [2.05, 4.69) is 5.32 Å². The number of hydrogen-bond donors (Lipinski definition) is 1. The van der Waals surface area contributed by atoms with Gasteiger partial charge >= 0.3 is 0 Å². The maximum absolute atomic E-state index is 13.0. The lowest BCUT2D eigenvalue weighted by Gasteiger charge is -2.25. The van der Waals surface area contributed by atoms with E-state index in [9.17, 15) is 17.6 Å². The van der Waals surface area contributed by atoms with Gasteiger partial charge in [0.1, 0.15) is 5.82 Å². The molecule has 1 aromatic carbocycles. The molecule has 0 aromatic heterocycles. The van der Waals surface area contributed by atoms with E-state index in [0.717, 1.165) is 19.3 Å². The highest BCUT2D eigenvalue weighted by Crippen LogP contribution is 2.15. The van der Waals surface area contributed by atoms with Crippen molar-refractivity contribution in [3.8, 4) is 0 Å². The number of hydrogen-bond acceptors (Lipinski definition) is 3. The van der Waals surface area contributed by atoms with Crippen molar-refractivity contribution >= 4 is 21.6 Å². The van der Waals surface area contributed by atoms with E-state index in [1.165, 1.54) is 18.2 Å². The molecule has 1 amide bonds. The average molecular weight is 342 g/mol. The Morgan fingerprint density at radius 3 is 2.61 bits per heavy atom. The zero-order valence-corrected chi connectivity index (χ0v) is 13.9. The first-order chi connectivity index (χ1) is 11.0. The highest BCUT2D eigenvalue weighted by Gasteiger charge is 2.23. The van der Waals surface area contributed by atoms with Crippen molar-refractivity contribution in [2.75, 3.05) is 24.2 Å². The van der Waals surface area contributed by atoms with Crippen LogP contribution in [0.1, 0.15) is 38.5 Å². The summed E-state index contributed by atoms with van der Waals surface area (Å²) in [7, 11) is -3.19. The quantitative estimate of drug-likeness (QED) is 0.775. The molecule has 1 aliphatic rings. The first kappa shape index (κ1) is 17.9. The van der Waals surface area contributed by atoms with E-state index >= 15 is 0 Å². The van der Waals surface area contributed by atoms with Crippen molar-refractivity contribution in [2.45, 2.75) is 38.5 Å². The minimum absolute atomic E-state index is 0.0836. The maximum atomic E-state index is 13.0. The number of nitrogens with one attached hydrogen (secondary N) is 1. The van der Waals surface area contributed by atoms with Gasteiger partial charge in [-0.1, -0.05) is 12.5 Å². The molecule has 128 valence electrons. The number of carbonyl (C=O) groups excluding carboxylic acids is 1. The highest BCUT2D eigenvalue weighted by molar-refractivity contribution is 7.89. The predicted molar refractivity (Wildman–Crippen MR) is 88.1 cm³/mol. The Labute approximate surface area is 136 Å². The molecule has 0 atom stereocenters. The van der Waals surface area contributed by atoms with Gasteiger partial charge in [0.15, 0.2) is 0 Å². The molecule has 1 fully saturated rings. The van der Waals surface area contributed by atoms with Gasteiger partial charge in [0, 0.05) is 25.2 Å². The smallest absolute Gasteiger partial charge is 0.224 e. The Morgan fingerprint density at radius 2 is 1.91 bits per heavy atom. The molecule has 0 radical (unpaired) electrons. The molecule has 0 saturated carbocycles. The van der Waals surface area contributed by atoms with Crippen molar-refractivity contribution < 1.29 is 17.6 Å². The molecule has 5 nitrogen and oxygen atoms in total. The average Bonchev–Trinajstić information content (AvgIpc) is 2.52. The molecule has 7 heteroatoms. The van der Waals surface area contributed by atoms with E-state index in [1.54, 1.807) is 10.4 Å². The van der Waals surface area contributed by atoms with Crippen LogP contribution >= 0.6 is 0 Å². The third-order valence-corrected chi connectivity index (χ3v) is 5.83. The molecule has 0 spiro atoms. The minimum atomic E-state index is -3.19. The molecule has 0 unspecified atom stereocenters. The molecule has 2 rings (SSSR count). The van der Waals surface area contributed by atoms with E-state index in [0.29, 0.717) is 31.6 Å². The molecular formula is C16H23FN2O3S. The summed E-state index contributed by atoms with van der Waals surface area (Å²) in [5, 5.41) is 2.60. The fourth-order valence-electron chi connectivity index (χ4n) is 2.63. The highest BCUT2D eigenvalue weighted by atomic mass is 32.2. The zero-order chi connectivity index (χ0) is 16.7. The van der Waals surface area contributed by atoms with Crippen LogP contribution in [0.5, 0.6) is 0 Å². The molecule has 0 aliphatic carbocycles. The van der Waals surface area contributed by atoms with Crippen molar-refractivity contribution in [3.05, 3.63) is 30.1 Å². The first-order valence-electron chi connectivity index (χ1n) is 8.01.